The molecule has 2 amide bonds. The number of alkyl halides is 3. The van der Waals surface area contributed by atoms with Crippen molar-refractivity contribution in [2.45, 2.75) is 49.7 Å². The van der Waals surface area contributed by atoms with Crippen LogP contribution in [0.15, 0.2) is 98.8 Å². The first kappa shape index (κ1) is 45.0. The first-order chi connectivity index (χ1) is 31.9. The van der Waals surface area contributed by atoms with E-state index in [1.807, 2.05) is 0 Å². The number of phenols is 1. The number of allylic oxidation sites excluding steroid dienone is 2. The Morgan fingerprint density at radius 1 is 0.881 bits per heavy atom. The van der Waals surface area contributed by atoms with Crippen molar-refractivity contribution in [2.24, 2.45) is 13.0 Å². The summed E-state index contributed by atoms with van der Waals surface area (Å²) >= 11 is 12.7. The Bertz CT molecular complexity index is 3260. The summed E-state index contributed by atoms with van der Waals surface area (Å²) in [6.07, 6.45) is -4.08. The lowest BCUT2D eigenvalue weighted by atomic mass is 9.53. The highest BCUT2D eigenvalue weighted by Crippen LogP contribution is 2.63. The van der Waals surface area contributed by atoms with Crippen LogP contribution >= 0.6 is 23.2 Å². The molecule has 0 bridgehead atoms. The Hall–Kier alpha value is -7.19. The number of benzene rings is 4. The number of halogens is 5. The zero-order chi connectivity index (χ0) is 47.9. The number of hydrazine groups is 1. The minimum Gasteiger partial charge on any atom is -0.508 e. The Morgan fingerprint density at radius 2 is 1.58 bits per heavy atom. The highest BCUT2D eigenvalue weighted by Gasteiger charge is 2.69. The van der Waals surface area contributed by atoms with Gasteiger partial charge in [-0.15, -0.1) is 13.2 Å². The summed E-state index contributed by atoms with van der Waals surface area (Å²) in [5.74, 6) is -4.83. The molecule has 348 valence electrons. The second kappa shape index (κ2) is 16.6. The van der Waals surface area contributed by atoms with Crippen molar-refractivity contribution in [3.63, 3.8) is 0 Å². The number of rotatable bonds is 11. The van der Waals surface area contributed by atoms with Crippen LogP contribution in [-0.4, -0.2) is 73.1 Å². The first-order valence-corrected chi connectivity index (χ1v) is 21.2. The normalized spacial score (nSPS) is 20.0. The summed E-state index contributed by atoms with van der Waals surface area (Å²) in [4.78, 5) is 77.7. The van der Waals surface area contributed by atoms with Crippen molar-refractivity contribution in [3.05, 3.63) is 143 Å². The van der Waals surface area contributed by atoms with Crippen LogP contribution in [0.5, 0.6) is 28.7 Å². The van der Waals surface area contributed by atoms with E-state index in [1.54, 1.807) is 30.3 Å². The number of hydrogen-bond donors (Lipinski definition) is 2. The maximum absolute atomic E-state index is 15.5. The number of hydrogen-bond acceptors (Lipinski definition) is 12. The summed E-state index contributed by atoms with van der Waals surface area (Å²) in [5, 5.41) is 12.7. The van der Waals surface area contributed by atoms with Crippen molar-refractivity contribution < 1.29 is 46.8 Å². The molecule has 17 nitrogen and oxygen atoms in total. The van der Waals surface area contributed by atoms with Crippen molar-refractivity contribution in [1.29, 1.82) is 0 Å². The fourth-order valence-corrected chi connectivity index (χ4v) is 10.2. The molecule has 6 aromatic rings. The molecule has 1 saturated heterocycles. The number of fused-ring (bicyclic) bond motifs is 5. The highest BCUT2D eigenvalue weighted by molar-refractivity contribution is 6.36. The zero-order valence-corrected chi connectivity index (χ0v) is 37.3. The van der Waals surface area contributed by atoms with Gasteiger partial charge in [0.15, 0.2) is 11.5 Å². The number of amides is 2. The second-order valence-electron chi connectivity index (χ2n) is 16.0. The molecule has 22 heteroatoms. The van der Waals surface area contributed by atoms with Crippen LogP contribution in [0.2, 0.25) is 10.0 Å². The van der Waals surface area contributed by atoms with Gasteiger partial charge in [0.25, 0.3) is 17.4 Å². The summed E-state index contributed by atoms with van der Waals surface area (Å²) in [7, 11) is 5.86. The molecule has 1 saturated carbocycles. The molecule has 2 aliphatic heterocycles. The quantitative estimate of drug-likeness (QED) is 0.117. The summed E-state index contributed by atoms with van der Waals surface area (Å²) in [6, 6.07) is 15.2. The van der Waals surface area contributed by atoms with Gasteiger partial charge in [-0.3, -0.25) is 19.8 Å². The van der Waals surface area contributed by atoms with Gasteiger partial charge < -0.3 is 28.6 Å². The van der Waals surface area contributed by atoms with E-state index in [0.29, 0.717) is 28.3 Å². The third-order valence-corrected chi connectivity index (χ3v) is 13.2. The van der Waals surface area contributed by atoms with Gasteiger partial charge in [0, 0.05) is 48.6 Å². The van der Waals surface area contributed by atoms with E-state index in [-0.39, 0.29) is 64.1 Å². The van der Waals surface area contributed by atoms with Gasteiger partial charge in [0.05, 0.1) is 67.0 Å². The molecule has 0 spiro atoms. The van der Waals surface area contributed by atoms with Crippen LogP contribution in [0, 0.1) is 5.92 Å². The van der Waals surface area contributed by atoms with Crippen LogP contribution in [0.4, 0.5) is 18.9 Å². The average molecular weight is 965 g/mol. The Kier molecular flexibility index (Phi) is 11.1. The minimum atomic E-state index is -5.17. The molecule has 2 fully saturated rings. The first-order valence-electron chi connectivity index (χ1n) is 20.5. The van der Waals surface area contributed by atoms with E-state index in [2.05, 4.69) is 15.1 Å². The molecular formula is C45H38Cl2F3N7O10. The zero-order valence-electron chi connectivity index (χ0n) is 35.8. The monoisotopic (exact) mass is 963 g/mol. The fraction of sp³-hybridized carbons (Fsp3) is 0.289. The SMILES string of the molecule is COc1ccc([C@@]23C(=O)N(Nc4ccc(Cl)cc4Cl)C(=O)[C@@H]2C[C@@H]2C(=CCn4c(=O)n(CCc5nc6cc(OC)c(OC)cc6n(C)c5=O)c(=O)n42)[C@@H]3c2cc(OC(F)(F)F)ccc2O)cc1. The molecule has 4 aromatic carbocycles. The van der Waals surface area contributed by atoms with Crippen molar-refractivity contribution >= 4 is 51.7 Å². The van der Waals surface area contributed by atoms with Crippen molar-refractivity contribution in [1.82, 2.24) is 28.5 Å². The number of carbonyl (C=O) groups is 2. The molecule has 9 rings (SSSR count). The molecule has 0 unspecified atom stereocenters. The third kappa shape index (κ3) is 7.25. The molecule has 2 N–H and O–H groups in total. The number of ether oxygens (including phenoxy) is 4. The van der Waals surface area contributed by atoms with Gasteiger partial charge in [-0.05, 0) is 66.1 Å². The number of phenolic OH excluding ortho intramolecular Hbond substituents is 1. The van der Waals surface area contributed by atoms with Gasteiger partial charge in [-0.1, -0.05) is 41.4 Å². The number of aromatic nitrogens is 5. The molecule has 3 aliphatic rings. The van der Waals surface area contributed by atoms with E-state index in [9.17, 15) is 32.7 Å². The smallest absolute Gasteiger partial charge is 0.508 e. The molecule has 0 radical (unpaired) electrons. The van der Waals surface area contributed by atoms with Gasteiger partial charge in [-0.2, -0.15) is 5.01 Å². The maximum atomic E-state index is 15.5. The van der Waals surface area contributed by atoms with Gasteiger partial charge in [0.1, 0.15) is 22.9 Å². The number of aromatic hydroxyl groups is 1. The second-order valence-corrected chi connectivity index (χ2v) is 16.9. The maximum Gasteiger partial charge on any atom is 0.573 e. The van der Waals surface area contributed by atoms with E-state index < -0.39 is 69.9 Å². The topological polar surface area (TPSA) is 190 Å². The number of methoxy groups -OCH3 is 3. The van der Waals surface area contributed by atoms with Crippen LogP contribution in [-0.2, 0) is 41.6 Å². The average Bonchev–Trinajstić information content (AvgIpc) is 3.67. The van der Waals surface area contributed by atoms with Crippen LogP contribution in [0.3, 0.4) is 0 Å². The van der Waals surface area contributed by atoms with Gasteiger partial charge >= 0.3 is 17.7 Å². The van der Waals surface area contributed by atoms with Crippen molar-refractivity contribution in [3.8, 4) is 28.7 Å². The lowest BCUT2D eigenvalue weighted by Crippen LogP contribution is -2.53. The number of imide groups is 1. The molecule has 4 atom stereocenters. The Labute approximate surface area is 386 Å². The summed E-state index contributed by atoms with van der Waals surface area (Å²) in [6.45, 7) is -0.598. The van der Waals surface area contributed by atoms with E-state index in [0.717, 1.165) is 37.1 Å². The van der Waals surface area contributed by atoms with Gasteiger partial charge in [-0.25, -0.2) is 28.5 Å². The van der Waals surface area contributed by atoms with E-state index >= 15 is 9.59 Å². The third-order valence-electron chi connectivity index (χ3n) is 12.7. The van der Waals surface area contributed by atoms with Crippen LogP contribution in [0.1, 0.15) is 35.2 Å². The fourth-order valence-electron chi connectivity index (χ4n) is 9.74. The number of nitrogens with one attached hydrogen (secondary N) is 1. The number of anilines is 1. The van der Waals surface area contributed by atoms with Crippen LogP contribution in [0.25, 0.3) is 11.0 Å². The highest BCUT2D eigenvalue weighted by atomic mass is 35.5. The largest absolute Gasteiger partial charge is 0.573 e. The lowest BCUT2D eigenvalue weighted by Gasteiger charge is -2.49. The summed E-state index contributed by atoms with van der Waals surface area (Å²) < 4.78 is 66.4. The molecule has 2 aromatic heterocycles. The van der Waals surface area contributed by atoms with E-state index in [4.69, 9.17) is 37.4 Å². The number of nitrogens with zero attached hydrogens (tertiary/aromatic N) is 6. The number of carbonyl (C=O) groups excluding carboxylic acids is 2. The van der Waals surface area contributed by atoms with Crippen LogP contribution < -0.4 is 41.3 Å². The molecule has 4 heterocycles. The van der Waals surface area contributed by atoms with E-state index in [1.165, 1.54) is 63.3 Å². The minimum absolute atomic E-state index is 0.0309. The summed E-state index contributed by atoms with van der Waals surface area (Å²) in [5.41, 5.74) is -0.209. The standard InChI is InChI=1S/C45H38Cl2F3N7O10/c1-53-34-21-37(66-4)36(65-3)20-32(34)51-31(40(53)60)14-15-54-42(62)55-16-13-26-33(57(55)43(54)63)19-28-39(59)56(52-30-11-7-23(46)17-29(30)47)41(61)44(28,22-5-8-24(64-2)9-6-22)38(26)27-18-25(10-12-35(27)58)67-45(48,49)50/h5-13,17-18,20-21,28,33,38,52,58H,14-16,19H2,1-4H3/t28-,33+,38+,44+/m0/s1. The number of aryl methyl sites for hydroxylation is 2. The Balaban J connectivity index is 1.20. The van der Waals surface area contributed by atoms with Crippen molar-refractivity contribution in [2.75, 3.05) is 26.8 Å². The predicted molar refractivity (Wildman–Crippen MR) is 236 cm³/mol. The molecular weight excluding hydrogens is 926 g/mol. The predicted octanol–water partition coefficient (Wildman–Crippen LogP) is 5.86. The Morgan fingerprint density at radius 3 is 2.25 bits per heavy atom. The van der Waals surface area contributed by atoms with Gasteiger partial charge in [0.2, 0.25) is 0 Å². The lowest BCUT2D eigenvalue weighted by molar-refractivity contribution is -0.274. The molecule has 1 aliphatic carbocycles. The molecule has 67 heavy (non-hydrogen) atoms.